The first-order chi connectivity index (χ1) is 10.4. The van der Waals surface area contributed by atoms with Crippen LogP contribution in [0.5, 0.6) is 5.75 Å². The van der Waals surface area contributed by atoms with Crippen LogP contribution < -0.4 is 5.43 Å². The Hall–Kier alpha value is -1.18. The molecule has 0 aliphatic rings. The predicted octanol–water partition coefficient (Wildman–Crippen LogP) is 4.75. The standard InChI is InChI=1S/C15H11Br3N2O2/c1-8-2-4-9(5-3-8)15(22)20-19-7-10-11(16)6-12(17)14(21)13(10)18/h2-7,21H,1H3,(H,20,22)/b19-7+. The molecule has 2 N–H and O–H groups in total. The van der Waals surface area contributed by atoms with Gasteiger partial charge >= 0.3 is 0 Å². The van der Waals surface area contributed by atoms with Crippen LogP contribution in [0.15, 0.2) is 48.9 Å². The Balaban J connectivity index is 2.15. The summed E-state index contributed by atoms with van der Waals surface area (Å²) in [5.41, 5.74) is 4.68. The monoisotopic (exact) mass is 488 g/mol. The van der Waals surface area contributed by atoms with E-state index in [-0.39, 0.29) is 11.7 Å². The fourth-order valence-corrected chi connectivity index (χ4v) is 3.96. The number of phenols is 1. The normalized spacial score (nSPS) is 10.9. The van der Waals surface area contributed by atoms with Crippen molar-refractivity contribution in [1.29, 1.82) is 0 Å². The lowest BCUT2D eigenvalue weighted by molar-refractivity contribution is 0.0955. The van der Waals surface area contributed by atoms with E-state index in [9.17, 15) is 9.90 Å². The molecule has 0 saturated heterocycles. The maximum absolute atomic E-state index is 11.9. The first-order valence-corrected chi connectivity index (χ1v) is 8.54. The molecule has 2 rings (SSSR count). The van der Waals surface area contributed by atoms with Crippen molar-refractivity contribution in [2.75, 3.05) is 0 Å². The number of rotatable bonds is 3. The zero-order valence-corrected chi connectivity index (χ0v) is 16.2. The molecule has 0 spiro atoms. The summed E-state index contributed by atoms with van der Waals surface area (Å²) in [7, 11) is 0. The minimum atomic E-state index is -0.301. The summed E-state index contributed by atoms with van der Waals surface area (Å²) in [4.78, 5) is 11.9. The van der Waals surface area contributed by atoms with Crippen molar-refractivity contribution in [1.82, 2.24) is 5.43 Å². The van der Waals surface area contributed by atoms with Gasteiger partial charge in [-0.1, -0.05) is 33.6 Å². The number of nitrogens with one attached hydrogen (secondary N) is 1. The molecule has 0 atom stereocenters. The largest absolute Gasteiger partial charge is 0.506 e. The Bertz CT molecular complexity index is 743. The molecule has 0 heterocycles. The predicted molar refractivity (Wildman–Crippen MR) is 97.4 cm³/mol. The van der Waals surface area contributed by atoms with Crippen LogP contribution in [0, 0.1) is 6.92 Å². The topological polar surface area (TPSA) is 61.7 Å². The number of benzene rings is 2. The van der Waals surface area contributed by atoms with Gasteiger partial charge in [0.25, 0.3) is 5.91 Å². The number of nitrogens with zero attached hydrogens (tertiary/aromatic N) is 1. The van der Waals surface area contributed by atoms with E-state index in [1.807, 2.05) is 19.1 Å². The van der Waals surface area contributed by atoms with Gasteiger partial charge in [-0.2, -0.15) is 5.10 Å². The average molecular weight is 491 g/mol. The molecule has 22 heavy (non-hydrogen) atoms. The van der Waals surface area contributed by atoms with Gasteiger partial charge in [0.2, 0.25) is 0 Å². The summed E-state index contributed by atoms with van der Waals surface area (Å²) in [5, 5.41) is 13.8. The second-order valence-electron chi connectivity index (χ2n) is 4.48. The van der Waals surface area contributed by atoms with Crippen LogP contribution in [0.4, 0.5) is 0 Å². The smallest absolute Gasteiger partial charge is 0.271 e. The van der Waals surface area contributed by atoms with Crippen molar-refractivity contribution in [2.45, 2.75) is 6.92 Å². The van der Waals surface area contributed by atoms with Crippen molar-refractivity contribution in [2.24, 2.45) is 5.10 Å². The van der Waals surface area contributed by atoms with Crippen LogP contribution in [0.2, 0.25) is 0 Å². The Morgan fingerprint density at radius 1 is 1.18 bits per heavy atom. The summed E-state index contributed by atoms with van der Waals surface area (Å²) >= 11 is 9.90. The van der Waals surface area contributed by atoms with Gasteiger partial charge in [0, 0.05) is 15.6 Å². The molecule has 2 aromatic rings. The summed E-state index contributed by atoms with van der Waals surface area (Å²) < 4.78 is 1.74. The summed E-state index contributed by atoms with van der Waals surface area (Å²) in [6, 6.07) is 8.88. The summed E-state index contributed by atoms with van der Waals surface area (Å²) in [5.74, 6) is -0.237. The molecule has 0 saturated carbocycles. The van der Waals surface area contributed by atoms with Crippen LogP contribution in [0.25, 0.3) is 0 Å². The summed E-state index contributed by atoms with van der Waals surface area (Å²) in [6.07, 6.45) is 1.45. The molecular formula is C15H11Br3N2O2. The lowest BCUT2D eigenvalue weighted by Gasteiger charge is -2.06. The molecular weight excluding hydrogens is 480 g/mol. The van der Waals surface area contributed by atoms with E-state index in [1.165, 1.54) is 6.21 Å². The van der Waals surface area contributed by atoms with Crippen molar-refractivity contribution in [3.8, 4) is 5.75 Å². The van der Waals surface area contributed by atoms with E-state index in [4.69, 9.17) is 0 Å². The quantitative estimate of drug-likeness (QED) is 0.481. The van der Waals surface area contributed by atoms with Crippen LogP contribution in [-0.2, 0) is 0 Å². The molecule has 0 fully saturated rings. The van der Waals surface area contributed by atoms with Crippen molar-refractivity contribution in [3.05, 3.63) is 60.4 Å². The van der Waals surface area contributed by atoms with Crippen LogP contribution >= 0.6 is 47.8 Å². The average Bonchev–Trinajstić information content (AvgIpc) is 2.49. The van der Waals surface area contributed by atoms with Gasteiger partial charge in [0.1, 0.15) is 5.75 Å². The Kier molecular flexibility index (Phi) is 5.77. The SMILES string of the molecule is Cc1ccc(C(=O)N/N=C/c2c(Br)cc(Br)c(O)c2Br)cc1. The second-order valence-corrected chi connectivity index (χ2v) is 6.98. The van der Waals surface area contributed by atoms with Gasteiger partial charge in [-0.25, -0.2) is 5.43 Å². The van der Waals surface area contributed by atoms with Crippen LogP contribution in [-0.4, -0.2) is 17.2 Å². The van der Waals surface area contributed by atoms with E-state index in [1.54, 1.807) is 18.2 Å². The van der Waals surface area contributed by atoms with Crippen LogP contribution in [0.3, 0.4) is 0 Å². The highest BCUT2D eigenvalue weighted by Crippen LogP contribution is 2.38. The highest BCUT2D eigenvalue weighted by atomic mass is 79.9. The lowest BCUT2D eigenvalue weighted by Crippen LogP contribution is -2.17. The Morgan fingerprint density at radius 2 is 1.82 bits per heavy atom. The first kappa shape index (κ1) is 17.2. The second kappa shape index (κ2) is 7.39. The molecule has 0 radical (unpaired) electrons. The maximum Gasteiger partial charge on any atom is 0.271 e. The molecule has 0 unspecified atom stereocenters. The minimum absolute atomic E-state index is 0.0644. The third kappa shape index (κ3) is 3.97. The number of hydrogen-bond acceptors (Lipinski definition) is 3. The third-order valence-corrected chi connectivity index (χ3v) is 4.92. The van der Waals surface area contributed by atoms with E-state index < -0.39 is 0 Å². The number of phenolic OH excluding ortho intramolecular Hbond substituents is 1. The molecule has 4 nitrogen and oxygen atoms in total. The lowest BCUT2D eigenvalue weighted by atomic mass is 10.1. The highest BCUT2D eigenvalue weighted by Gasteiger charge is 2.12. The fraction of sp³-hybridized carbons (Fsp3) is 0.0667. The van der Waals surface area contributed by atoms with Gasteiger partial charge in [-0.3, -0.25) is 4.79 Å². The number of hydrazone groups is 1. The Morgan fingerprint density at radius 3 is 2.45 bits per heavy atom. The number of hydrogen-bond donors (Lipinski definition) is 2. The van der Waals surface area contributed by atoms with Crippen molar-refractivity contribution in [3.63, 3.8) is 0 Å². The third-order valence-electron chi connectivity index (χ3n) is 2.85. The van der Waals surface area contributed by atoms with Gasteiger partial charge in [0.15, 0.2) is 0 Å². The van der Waals surface area contributed by atoms with Gasteiger partial charge < -0.3 is 5.11 Å². The van der Waals surface area contributed by atoms with Crippen molar-refractivity contribution < 1.29 is 9.90 Å². The van der Waals surface area contributed by atoms with E-state index >= 15 is 0 Å². The number of carbonyl (C=O) groups is 1. The minimum Gasteiger partial charge on any atom is -0.506 e. The maximum atomic E-state index is 11.9. The van der Waals surface area contributed by atoms with Gasteiger partial charge in [0.05, 0.1) is 15.2 Å². The Labute approximate surface area is 153 Å². The van der Waals surface area contributed by atoms with E-state index in [2.05, 4.69) is 58.3 Å². The molecule has 2 aromatic carbocycles. The molecule has 0 bridgehead atoms. The number of aryl methyl sites for hydroxylation is 1. The zero-order valence-electron chi connectivity index (χ0n) is 11.4. The number of carbonyl (C=O) groups excluding carboxylic acids is 1. The fourth-order valence-electron chi connectivity index (χ4n) is 1.64. The molecule has 0 aliphatic heterocycles. The molecule has 7 heteroatoms. The molecule has 114 valence electrons. The number of amides is 1. The number of halogens is 3. The van der Waals surface area contributed by atoms with Crippen molar-refractivity contribution >= 4 is 59.9 Å². The van der Waals surface area contributed by atoms with Crippen LogP contribution in [0.1, 0.15) is 21.5 Å². The molecule has 0 aliphatic carbocycles. The summed E-state index contributed by atoms with van der Waals surface area (Å²) in [6.45, 7) is 1.95. The highest BCUT2D eigenvalue weighted by molar-refractivity contribution is 9.11. The van der Waals surface area contributed by atoms with Gasteiger partial charge in [-0.15, -0.1) is 0 Å². The molecule has 0 aromatic heterocycles. The first-order valence-electron chi connectivity index (χ1n) is 6.16. The molecule has 1 amide bonds. The van der Waals surface area contributed by atoms with E-state index in [0.717, 1.165) is 10.0 Å². The zero-order chi connectivity index (χ0) is 16.3. The number of aromatic hydroxyl groups is 1. The van der Waals surface area contributed by atoms with E-state index in [0.29, 0.717) is 20.1 Å². The van der Waals surface area contributed by atoms with Gasteiger partial charge in [-0.05, 0) is 57.0 Å².